The molecule has 0 aliphatic heterocycles. The molecular weight excluding hydrogens is 282 g/mol. The van der Waals surface area contributed by atoms with E-state index in [1.54, 1.807) is 0 Å². The predicted octanol–water partition coefficient (Wildman–Crippen LogP) is 5.28. The Morgan fingerprint density at radius 2 is 1.90 bits per heavy atom. The molecule has 0 spiro atoms. The normalized spacial score (nSPS) is 12.9. The fourth-order valence-corrected chi connectivity index (χ4v) is 4.68. The lowest BCUT2D eigenvalue weighted by molar-refractivity contribution is 0.639. The van der Waals surface area contributed by atoms with Crippen LogP contribution in [0.3, 0.4) is 0 Å². The fraction of sp³-hybridized carbons (Fsp3) is 0.294. The van der Waals surface area contributed by atoms with Crippen LogP contribution in [0.2, 0.25) is 0 Å². The summed E-state index contributed by atoms with van der Waals surface area (Å²) in [4.78, 5) is 1.41. The molecule has 3 aromatic rings. The molecule has 1 unspecified atom stereocenters. The van der Waals surface area contributed by atoms with Gasteiger partial charge in [0.1, 0.15) is 0 Å². The van der Waals surface area contributed by atoms with Crippen molar-refractivity contribution in [2.45, 2.75) is 26.8 Å². The Morgan fingerprint density at radius 3 is 2.60 bits per heavy atom. The highest BCUT2D eigenvalue weighted by atomic mass is 32.1. The summed E-state index contributed by atoms with van der Waals surface area (Å²) < 4.78 is 2.80. The van der Waals surface area contributed by atoms with Crippen molar-refractivity contribution in [3.05, 3.63) is 57.3 Å². The van der Waals surface area contributed by atoms with Crippen LogP contribution in [0, 0.1) is 13.8 Å². The first-order valence-electron chi connectivity index (χ1n) is 6.96. The van der Waals surface area contributed by atoms with Gasteiger partial charge in [-0.2, -0.15) is 0 Å². The monoisotopic (exact) mass is 301 g/mol. The van der Waals surface area contributed by atoms with Crippen LogP contribution in [0.15, 0.2) is 35.7 Å². The van der Waals surface area contributed by atoms with Crippen LogP contribution in [-0.2, 0) is 0 Å². The van der Waals surface area contributed by atoms with Crippen molar-refractivity contribution >= 4 is 32.1 Å². The maximum atomic E-state index is 3.63. The molecule has 0 aliphatic rings. The van der Waals surface area contributed by atoms with Crippen LogP contribution in [0.1, 0.15) is 34.5 Å². The van der Waals surface area contributed by atoms with E-state index in [9.17, 15) is 0 Å². The molecule has 0 saturated carbocycles. The summed E-state index contributed by atoms with van der Waals surface area (Å²) in [6, 6.07) is 11.7. The number of hydrogen-bond acceptors (Lipinski definition) is 3. The van der Waals surface area contributed by atoms with E-state index in [1.165, 1.54) is 31.0 Å². The van der Waals surface area contributed by atoms with E-state index < -0.39 is 0 Å². The summed E-state index contributed by atoms with van der Waals surface area (Å²) in [5, 5.41) is 5.80. The molecule has 0 bridgehead atoms. The molecule has 2 aromatic heterocycles. The predicted molar refractivity (Wildman–Crippen MR) is 91.1 cm³/mol. The van der Waals surface area contributed by atoms with Gasteiger partial charge in [-0.1, -0.05) is 25.1 Å². The van der Waals surface area contributed by atoms with E-state index in [4.69, 9.17) is 0 Å². The van der Waals surface area contributed by atoms with Gasteiger partial charge in [-0.3, -0.25) is 0 Å². The molecule has 0 amide bonds. The van der Waals surface area contributed by atoms with Crippen molar-refractivity contribution < 1.29 is 0 Å². The highest BCUT2D eigenvalue weighted by Crippen LogP contribution is 2.36. The van der Waals surface area contributed by atoms with Crippen LogP contribution in [-0.4, -0.2) is 6.54 Å². The topological polar surface area (TPSA) is 12.0 Å². The number of aryl methyl sites for hydroxylation is 2. The van der Waals surface area contributed by atoms with E-state index in [0.29, 0.717) is 6.04 Å². The molecular formula is C17H19NS2. The van der Waals surface area contributed by atoms with Gasteiger partial charge in [-0.05, 0) is 54.6 Å². The average Bonchev–Trinajstić information content (AvgIpc) is 3.00. The van der Waals surface area contributed by atoms with E-state index in [0.717, 1.165) is 6.54 Å². The van der Waals surface area contributed by atoms with E-state index in [1.807, 2.05) is 22.7 Å². The maximum Gasteiger partial charge on any atom is 0.0671 e. The van der Waals surface area contributed by atoms with Gasteiger partial charge in [-0.15, -0.1) is 22.7 Å². The molecule has 0 radical (unpaired) electrons. The largest absolute Gasteiger partial charge is 0.306 e. The van der Waals surface area contributed by atoms with Crippen molar-refractivity contribution in [2.24, 2.45) is 0 Å². The van der Waals surface area contributed by atoms with Gasteiger partial charge in [0.05, 0.1) is 6.04 Å². The molecule has 0 saturated heterocycles. The first-order chi connectivity index (χ1) is 9.69. The van der Waals surface area contributed by atoms with Gasteiger partial charge >= 0.3 is 0 Å². The van der Waals surface area contributed by atoms with Crippen molar-refractivity contribution in [1.29, 1.82) is 0 Å². The van der Waals surface area contributed by atoms with Gasteiger partial charge in [-0.25, -0.2) is 0 Å². The van der Waals surface area contributed by atoms with Crippen molar-refractivity contribution in [2.75, 3.05) is 6.54 Å². The number of rotatable bonds is 4. The smallest absolute Gasteiger partial charge is 0.0671 e. The first-order valence-corrected chi connectivity index (χ1v) is 8.66. The van der Waals surface area contributed by atoms with Crippen LogP contribution in [0.5, 0.6) is 0 Å². The minimum absolute atomic E-state index is 0.309. The van der Waals surface area contributed by atoms with Gasteiger partial charge < -0.3 is 5.32 Å². The Kier molecular flexibility index (Phi) is 3.92. The third-order valence-electron chi connectivity index (χ3n) is 3.72. The van der Waals surface area contributed by atoms with E-state index in [-0.39, 0.29) is 0 Å². The second kappa shape index (κ2) is 5.68. The van der Waals surface area contributed by atoms with Gasteiger partial charge in [0.25, 0.3) is 0 Å². The van der Waals surface area contributed by atoms with Crippen molar-refractivity contribution in [3.63, 3.8) is 0 Å². The van der Waals surface area contributed by atoms with Gasteiger partial charge in [0.2, 0.25) is 0 Å². The Morgan fingerprint density at radius 1 is 1.05 bits per heavy atom. The first kappa shape index (κ1) is 13.8. The third-order valence-corrected chi connectivity index (χ3v) is 5.87. The van der Waals surface area contributed by atoms with Crippen molar-refractivity contribution in [3.8, 4) is 0 Å². The summed E-state index contributed by atoms with van der Waals surface area (Å²) in [7, 11) is 0. The zero-order valence-electron chi connectivity index (χ0n) is 12.1. The highest BCUT2D eigenvalue weighted by Gasteiger charge is 2.16. The zero-order valence-corrected chi connectivity index (χ0v) is 13.7. The molecule has 1 N–H and O–H groups in total. The average molecular weight is 301 g/mol. The summed E-state index contributed by atoms with van der Waals surface area (Å²) in [5.74, 6) is 0. The molecule has 1 nitrogen and oxygen atoms in total. The molecule has 3 rings (SSSR count). The van der Waals surface area contributed by atoms with Crippen LogP contribution in [0.4, 0.5) is 0 Å². The van der Waals surface area contributed by atoms with Crippen molar-refractivity contribution in [1.82, 2.24) is 5.32 Å². The second-order valence-corrected chi connectivity index (χ2v) is 7.20. The molecule has 3 heteroatoms. The minimum atomic E-state index is 0.309. The van der Waals surface area contributed by atoms with Crippen LogP contribution in [0.25, 0.3) is 9.40 Å². The Balaban J connectivity index is 2.03. The summed E-state index contributed by atoms with van der Waals surface area (Å²) in [6.45, 7) is 7.50. The number of fused-ring (bicyclic) bond motifs is 1. The van der Waals surface area contributed by atoms with Gasteiger partial charge in [0.15, 0.2) is 0 Å². The quantitative estimate of drug-likeness (QED) is 0.691. The summed E-state index contributed by atoms with van der Waals surface area (Å²) >= 11 is 3.73. The Labute approximate surface area is 128 Å². The Bertz CT molecular complexity index is 695. The standard InChI is InChI=1S/C17H19NS2/c1-4-18-17(13-6-5-11(2)12(3)9-13)16-10-15-14(20-16)7-8-19-15/h5-10,17-18H,4H2,1-3H3. The number of nitrogens with one attached hydrogen (secondary N) is 1. The second-order valence-electron chi connectivity index (χ2n) is 5.13. The molecule has 20 heavy (non-hydrogen) atoms. The van der Waals surface area contributed by atoms with Gasteiger partial charge in [0, 0.05) is 14.3 Å². The summed E-state index contributed by atoms with van der Waals surface area (Å²) in [6.07, 6.45) is 0. The lowest BCUT2D eigenvalue weighted by atomic mass is 10.00. The van der Waals surface area contributed by atoms with E-state index >= 15 is 0 Å². The fourth-order valence-electron chi connectivity index (χ4n) is 2.46. The molecule has 104 valence electrons. The number of thiophene rings is 2. The molecule has 1 aromatic carbocycles. The SMILES string of the molecule is CCNC(c1ccc(C)c(C)c1)c1cc2sccc2s1. The van der Waals surface area contributed by atoms with Crippen LogP contribution < -0.4 is 5.32 Å². The highest BCUT2D eigenvalue weighted by molar-refractivity contribution is 7.27. The Hall–Kier alpha value is -1.16. The zero-order chi connectivity index (χ0) is 14.1. The number of hydrogen-bond donors (Lipinski definition) is 1. The molecule has 0 aliphatic carbocycles. The lowest BCUT2D eigenvalue weighted by Gasteiger charge is -2.18. The third kappa shape index (κ3) is 2.53. The van der Waals surface area contributed by atoms with Crippen LogP contribution >= 0.6 is 22.7 Å². The molecule has 1 atom stereocenters. The lowest BCUT2D eigenvalue weighted by Crippen LogP contribution is -2.21. The van der Waals surface area contributed by atoms with E-state index in [2.05, 4.69) is 61.8 Å². The summed E-state index contributed by atoms with van der Waals surface area (Å²) in [5.41, 5.74) is 4.09. The molecule has 0 fully saturated rings. The minimum Gasteiger partial charge on any atom is -0.306 e. The molecule has 2 heterocycles. The number of benzene rings is 1. The maximum absolute atomic E-state index is 3.63.